The standard InChI is InChI=1S/C11H11NO2/c1-7(13)9-6-5-8-10(12-9)3-2-4-11(8)14/h5-6H,2-4H2,1H3. The molecule has 0 saturated carbocycles. The molecule has 0 aromatic carbocycles. The predicted octanol–water partition coefficient (Wildman–Crippen LogP) is 1.80. The van der Waals surface area contributed by atoms with Crippen molar-refractivity contribution in [1.29, 1.82) is 0 Å². The molecule has 0 fully saturated rings. The quantitative estimate of drug-likeness (QED) is 0.633. The molecule has 72 valence electrons. The van der Waals surface area contributed by atoms with E-state index in [9.17, 15) is 9.59 Å². The van der Waals surface area contributed by atoms with Crippen LogP contribution < -0.4 is 0 Å². The Morgan fingerprint density at radius 2 is 2.14 bits per heavy atom. The Bertz CT molecular complexity index is 410. The summed E-state index contributed by atoms with van der Waals surface area (Å²) >= 11 is 0. The number of fused-ring (bicyclic) bond motifs is 1. The monoisotopic (exact) mass is 189 g/mol. The van der Waals surface area contributed by atoms with E-state index < -0.39 is 0 Å². The molecule has 0 unspecified atom stereocenters. The van der Waals surface area contributed by atoms with E-state index in [1.54, 1.807) is 12.1 Å². The van der Waals surface area contributed by atoms with Crippen molar-refractivity contribution in [3.05, 3.63) is 29.1 Å². The minimum atomic E-state index is -0.0502. The van der Waals surface area contributed by atoms with E-state index in [2.05, 4.69) is 4.98 Å². The fourth-order valence-corrected chi connectivity index (χ4v) is 1.69. The highest BCUT2D eigenvalue weighted by atomic mass is 16.1. The first-order valence-corrected chi connectivity index (χ1v) is 4.72. The summed E-state index contributed by atoms with van der Waals surface area (Å²) in [6.45, 7) is 1.49. The summed E-state index contributed by atoms with van der Waals surface area (Å²) in [6, 6.07) is 3.35. The number of rotatable bonds is 1. The van der Waals surface area contributed by atoms with Gasteiger partial charge >= 0.3 is 0 Å². The Morgan fingerprint density at radius 1 is 1.36 bits per heavy atom. The summed E-state index contributed by atoms with van der Waals surface area (Å²) in [5.41, 5.74) is 1.94. The van der Waals surface area contributed by atoms with Crippen molar-refractivity contribution in [3.8, 4) is 0 Å². The van der Waals surface area contributed by atoms with Gasteiger partial charge in [-0.3, -0.25) is 9.59 Å². The van der Waals surface area contributed by atoms with E-state index in [1.807, 2.05) is 0 Å². The number of nitrogens with zero attached hydrogens (tertiary/aromatic N) is 1. The van der Waals surface area contributed by atoms with Gasteiger partial charge in [0.1, 0.15) is 5.69 Å². The zero-order valence-electron chi connectivity index (χ0n) is 8.04. The van der Waals surface area contributed by atoms with E-state index in [0.717, 1.165) is 18.5 Å². The number of carbonyl (C=O) groups is 2. The topological polar surface area (TPSA) is 47.0 Å². The van der Waals surface area contributed by atoms with Crippen LogP contribution >= 0.6 is 0 Å². The molecule has 0 bridgehead atoms. The molecule has 3 heteroatoms. The number of hydrogen-bond donors (Lipinski definition) is 0. The van der Waals surface area contributed by atoms with Gasteiger partial charge in [-0.1, -0.05) is 0 Å². The maximum absolute atomic E-state index is 11.4. The maximum atomic E-state index is 11.4. The smallest absolute Gasteiger partial charge is 0.178 e. The number of carbonyl (C=O) groups excluding carboxylic acids is 2. The predicted molar refractivity (Wildman–Crippen MR) is 51.5 cm³/mol. The van der Waals surface area contributed by atoms with Crippen molar-refractivity contribution >= 4 is 11.6 Å². The lowest BCUT2D eigenvalue weighted by Gasteiger charge is -2.13. The Labute approximate surface area is 82.2 Å². The van der Waals surface area contributed by atoms with Crippen LogP contribution in [0.2, 0.25) is 0 Å². The molecule has 14 heavy (non-hydrogen) atoms. The third-order valence-corrected chi connectivity index (χ3v) is 2.45. The molecule has 1 aromatic heterocycles. The van der Waals surface area contributed by atoms with E-state index in [0.29, 0.717) is 17.7 Å². The summed E-state index contributed by atoms with van der Waals surface area (Å²) in [4.78, 5) is 26.7. The lowest BCUT2D eigenvalue weighted by Crippen LogP contribution is -2.14. The molecular weight excluding hydrogens is 178 g/mol. The van der Waals surface area contributed by atoms with Gasteiger partial charge in [-0.2, -0.15) is 0 Å². The van der Waals surface area contributed by atoms with E-state index in [-0.39, 0.29) is 11.6 Å². The summed E-state index contributed by atoms with van der Waals surface area (Å²) < 4.78 is 0. The van der Waals surface area contributed by atoms with Crippen LogP contribution in [-0.2, 0) is 6.42 Å². The van der Waals surface area contributed by atoms with Crippen LogP contribution in [0.5, 0.6) is 0 Å². The summed E-state index contributed by atoms with van der Waals surface area (Å²) in [5, 5.41) is 0. The first kappa shape index (κ1) is 9.06. The minimum absolute atomic E-state index is 0.0502. The maximum Gasteiger partial charge on any atom is 0.178 e. The van der Waals surface area contributed by atoms with Gasteiger partial charge in [0.05, 0.1) is 5.69 Å². The van der Waals surface area contributed by atoms with Crippen molar-refractivity contribution in [2.45, 2.75) is 26.2 Å². The van der Waals surface area contributed by atoms with Crippen molar-refractivity contribution in [2.24, 2.45) is 0 Å². The number of ketones is 2. The highest BCUT2D eigenvalue weighted by Crippen LogP contribution is 2.19. The fourth-order valence-electron chi connectivity index (χ4n) is 1.69. The zero-order chi connectivity index (χ0) is 10.1. The Kier molecular flexibility index (Phi) is 2.15. The van der Waals surface area contributed by atoms with Crippen LogP contribution in [0.25, 0.3) is 0 Å². The first-order valence-electron chi connectivity index (χ1n) is 4.72. The fraction of sp³-hybridized carbons (Fsp3) is 0.364. The van der Waals surface area contributed by atoms with Crippen molar-refractivity contribution < 1.29 is 9.59 Å². The van der Waals surface area contributed by atoms with Gasteiger partial charge in [0.25, 0.3) is 0 Å². The zero-order valence-corrected chi connectivity index (χ0v) is 8.04. The molecule has 0 spiro atoms. The first-order chi connectivity index (χ1) is 6.68. The molecule has 1 aliphatic rings. The van der Waals surface area contributed by atoms with Crippen molar-refractivity contribution in [3.63, 3.8) is 0 Å². The van der Waals surface area contributed by atoms with Crippen LogP contribution in [0.4, 0.5) is 0 Å². The molecule has 1 heterocycles. The minimum Gasteiger partial charge on any atom is -0.294 e. The number of Topliss-reactive ketones (excluding diaryl/α,β-unsaturated/α-hetero) is 2. The lowest BCUT2D eigenvalue weighted by atomic mass is 9.94. The number of hydrogen-bond acceptors (Lipinski definition) is 3. The van der Waals surface area contributed by atoms with Gasteiger partial charge in [-0.25, -0.2) is 4.98 Å². The van der Waals surface area contributed by atoms with Gasteiger partial charge in [0, 0.05) is 18.9 Å². The average molecular weight is 189 g/mol. The molecule has 3 nitrogen and oxygen atoms in total. The second-order valence-electron chi connectivity index (χ2n) is 3.52. The van der Waals surface area contributed by atoms with Crippen LogP contribution in [0.15, 0.2) is 12.1 Å². The number of aromatic nitrogens is 1. The van der Waals surface area contributed by atoms with Crippen LogP contribution in [-0.4, -0.2) is 16.6 Å². The molecule has 1 aromatic rings. The molecule has 0 aliphatic heterocycles. The van der Waals surface area contributed by atoms with E-state index in [1.165, 1.54) is 6.92 Å². The Hall–Kier alpha value is -1.51. The highest BCUT2D eigenvalue weighted by molar-refractivity contribution is 5.99. The van der Waals surface area contributed by atoms with Crippen molar-refractivity contribution in [1.82, 2.24) is 4.98 Å². The third kappa shape index (κ3) is 1.45. The molecule has 0 atom stereocenters. The van der Waals surface area contributed by atoms with Crippen LogP contribution in [0.3, 0.4) is 0 Å². The van der Waals surface area contributed by atoms with E-state index in [4.69, 9.17) is 0 Å². The van der Waals surface area contributed by atoms with Gasteiger partial charge in [-0.15, -0.1) is 0 Å². The summed E-state index contributed by atoms with van der Waals surface area (Å²) in [7, 11) is 0. The second-order valence-corrected chi connectivity index (χ2v) is 3.52. The summed E-state index contributed by atoms with van der Waals surface area (Å²) in [5.74, 6) is 0.0969. The average Bonchev–Trinajstić information content (AvgIpc) is 2.17. The second kappa shape index (κ2) is 3.33. The Morgan fingerprint density at radius 3 is 2.86 bits per heavy atom. The molecule has 0 radical (unpaired) electrons. The Balaban J connectivity index is 2.49. The molecule has 0 saturated heterocycles. The number of aryl methyl sites for hydroxylation is 1. The highest BCUT2D eigenvalue weighted by Gasteiger charge is 2.18. The van der Waals surface area contributed by atoms with Gasteiger partial charge < -0.3 is 0 Å². The molecular formula is C11H11NO2. The number of pyridine rings is 1. The van der Waals surface area contributed by atoms with E-state index >= 15 is 0 Å². The molecule has 0 N–H and O–H groups in total. The van der Waals surface area contributed by atoms with Crippen LogP contribution in [0, 0.1) is 0 Å². The van der Waals surface area contributed by atoms with Gasteiger partial charge in [-0.05, 0) is 25.0 Å². The molecule has 2 rings (SSSR count). The normalized spacial score (nSPS) is 15.1. The SMILES string of the molecule is CC(=O)c1ccc2c(n1)CCCC2=O. The van der Waals surface area contributed by atoms with Gasteiger partial charge in [0.15, 0.2) is 11.6 Å². The molecule has 0 amide bonds. The van der Waals surface area contributed by atoms with Crippen LogP contribution in [0.1, 0.15) is 46.3 Å². The summed E-state index contributed by atoms with van der Waals surface area (Å²) in [6.07, 6.45) is 2.26. The van der Waals surface area contributed by atoms with Gasteiger partial charge in [0.2, 0.25) is 0 Å². The third-order valence-electron chi connectivity index (χ3n) is 2.45. The largest absolute Gasteiger partial charge is 0.294 e. The van der Waals surface area contributed by atoms with Crippen molar-refractivity contribution in [2.75, 3.05) is 0 Å². The lowest BCUT2D eigenvalue weighted by molar-refractivity contribution is 0.0966. The molecule has 1 aliphatic carbocycles.